The molecule has 2 rings (SSSR count). The van der Waals surface area contributed by atoms with Crippen LogP contribution in [-0.2, 0) is 18.3 Å². The molecule has 0 aromatic carbocycles. The van der Waals surface area contributed by atoms with Crippen molar-refractivity contribution in [1.29, 1.82) is 0 Å². The van der Waals surface area contributed by atoms with Crippen LogP contribution in [0.1, 0.15) is 23.4 Å². The third-order valence-corrected chi connectivity index (χ3v) is 3.50. The van der Waals surface area contributed by atoms with Gasteiger partial charge in [0.2, 0.25) is 5.91 Å². The van der Waals surface area contributed by atoms with Gasteiger partial charge in [-0.2, -0.15) is 5.10 Å². The van der Waals surface area contributed by atoms with Gasteiger partial charge in [0, 0.05) is 19.2 Å². The molecule has 20 heavy (non-hydrogen) atoms. The number of hydrogen-bond donors (Lipinski definition) is 1. The summed E-state index contributed by atoms with van der Waals surface area (Å²) in [6.45, 7) is 3.97. The normalized spacial score (nSPS) is 10.6. The third-order valence-electron chi connectivity index (χ3n) is 3.27. The molecule has 2 heterocycles. The molecule has 2 aromatic rings. The van der Waals surface area contributed by atoms with Gasteiger partial charge < -0.3 is 5.32 Å². The van der Waals surface area contributed by atoms with Crippen LogP contribution in [0.25, 0.3) is 0 Å². The zero-order valence-electron chi connectivity index (χ0n) is 11.8. The molecule has 2 aromatic heterocycles. The van der Waals surface area contributed by atoms with E-state index in [2.05, 4.69) is 15.4 Å². The van der Waals surface area contributed by atoms with Crippen LogP contribution in [0.5, 0.6) is 0 Å². The van der Waals surface area contributed by atoms with Crippen LogP contribution in [0.3, 0.4) is 0 Å². The van der Waals surface area contributed by atoms with Gasteiger partial charge in [0.15, 0.2) is 0 Å². The molecule has 1 N–H and O–H groups in total. The Labute approximate surface area is 123 Å². The fraction of sp³-hybridized carbons (Fsp3) is 0.357. The van der Waals surface area contributed by atoms with Crippen molar-refractivity contribution in [3.05, 3.63) is 40.4 Å². The highest BCUT2D eigenvalue weighted by molar-refractivity contribution is 6.29. The maximum atomic E-state index is 11.9. The number of pyridine rings is 1. The monoisotopic (exact) mass is 292 g/mol. The second kappa shape index (κ2) is 6.05. The van der Waals surface area contributed by atoms with Gasteiger partial charge in [-0.25, -0.2) is 4.98 Å². The van der Waals surface area contributed by atoms with Crippen LogP contribution in [0, 0.1) is 13.8 Å². The quantitative estimate of drug-likeness (QED) is 0.881. The smallest absolute Gasteiger partial charge is 0.224 e. The number of anilines is 1. The van der Waals surface area contributed by atoms with E-state index in [4.69, 9.17) is 11.6 Å². The van der Waals surface area contributed by atoms with Crippen LogP contribution in [-0.4, -0.2) is 20.7 Å². The number of amides is 1. The fourth-order valence-corrected chi connectivity index (χ4v) is 2.20. The zero-order valence-corrected chi connectivity index (χ0v) is 12.5. The highest BCUT2D eigenvalue weighted by Gasteiger charge is 2.11. The number of aryl methyl sites for hydroxylation is 2. The van der Waals surface area contributed by atoms with E-state index in [1.807, 2.05) is 25.6 Å². The Kier molecular flexibility index (Phi) is 4.39. The van der Waals surface area contributed by atoms with E-state index in [0.717, 1.165) is 17.0 Å². The topological polar surface area (TPSA) is 59.8 Å². The first-order chi connectivity index (χ1) is 9.47. The van der Waals surface area contributed by atoms with Gasteiger partial charge in [0.1, 0.15) is 5.15 Å². The van der Waals surface area contributed by atoms with E-state index in [1.165, 1.54) is 0 Å². The van der Waals surface area contributed by atoms with Gasteiger partial charge in [-0.1, -0.05) is 11.6 Å². The highest BCUT2D eigenvalue weighted by atomic mass is 35.5. The summed E-state index contributed by atoms with van der Waals surface area (Å²) in [5.74, 6) is -0.0447. The van der Waals surface area contributed by atoms with E-state index in [-0.39, 0.29) is 5.91 Å². The predicted molar refractivity (Wildman–Crippen MR) is 78.9 cm³/mol. The van der Waals surface area contributed by atoms with Gasteiger partial charge in [0.05, 0.1) is 17.6 Å². The number of halogens is 1. The molecule has 0 bridgehead atoms. The van der Waals surface area contributed by atoms with Gasteiger partial charge in [-0.3, -0.25) is 9.48 Å². The van der Waals surface area contributed by atoms with Crippen LogP contribution >= 0.6 is 11.6 Å². The number of aromatic nitrogens is 3. The largest absolute Gasteiger partial charge is 0.325 e. The summed E-state index contributed by atoms with van der Waals surface area (Å²) in [4.78, 5) is 15.8. The van der Waals surface area contributed by atoms with Gasteiger partial charge >= 0.3 is 0 Å². The second-order valence-electron chi connectivity index (χ2n) is 4.69. The SMILES string of the molecule is Cc1nn(C)c(C)c1CCC(=O)Nc1ccc(Cl)nc1. The second-order valence-corrected chi connectivity index (χ2v) is 5.08. The lowest BCUT2D eigenvalue weighted by Gasteiger charge is -2.05. The van der Waals surface area contributed by atoms with E-state index in [9.17, 15) is 4.79 Å². The number of carbonyl (C=O) groups excluding carboxylic acids is 1. The minimum absolute atomic E-state index is 0.0447. The molecule has 0 spiro atoms. The molecular formula is C14H17ClN4O. The summed E-state index contributed by atoms with van der Waals surface area (Å²) in [6, 6.07) is 3.38. The predicted octanol–water partition coefficient (Wildman–Crippen LogP) is 2.66. The Morgan fingerprint density at radius 3 is 2.70 bits per heavy atom. The minimum atomic E-state index is -0.0447. The van der Waals surface area contributed by atoms with E-state index in [1.54, 1.807) is 18.3 Å². The lowest BCUT2D eigenvalue weighted by atomic mass is 10.1. The zero-order chi connectivity index (χ0) is 14.7. The molecule has 0 saturated carbocycles. The Morgan fingerprint density at radius 2 is 2.15 bits per heavy atom. The maximum Gasteiger partial charge on any atom is 0.224 e. The van der Waals surface area contributed by atoms with Crippen LogP contribution in [0.2, 0.25) is 5.15 Å². The average molecular weight is 293 g/mol. The van der Waals surface area contributed by atoms with Crippen LogP contribution < -0.4 is 5.32 Å². The molecule has 0 aliphatic heterocycles. The lowest BCUT2D eigenvalue weighted by molar-refractivity contribution is -0.116. The van der Waals surface area contributed by atoms with Crippen molar-refractivity contribution in [3.63, 3.8) is 0 Å². The van der Waals surface area contributed by atoms with Crippen molar-refractivity contribution in [2.24, 2.45) is 7.05 Å². The molecule has 6 heteroatoms. The van der Waals surface area contributed by atoms with Crippen LogP contribution in [0.15, 0.2) is 18.3 Å². The number of rotatable bonds is 4. The molecule has 0 unspecified atom stereocenters. The van der Waals surface area contributed by atoms with Gasteiger partial charge in [-0.15, -0.1) is 0 Å². The van der Waals surface area contributed by atoms with Crippen molar-refractivity contribution >= 4 is 23.2 Å². The van der Waals surface area contributed by atoms with Crippen LogP contribution in [0.4, 0.5) is 5.69 Å². The summed E-state index contributed by atoms with van der Waals surface area (Å²) < 4.78 is 1.84. The molecule has 0 saturated heterocycles. The third kappa shape index (κ3) is 3.36. The van der Waals surface area contributed by atoms with E-state index < -0.39 is 0 Å². The van der Waals surface area contributed by atoms with Gasteiger partial charge in [0.25, 0.3) is 0 Å². The number of hydrogen-bond acceptors (Lipinski definition) is 3. The number of nitrogens with one attached hydrogen (secondary N) is 1. The lowest BCUT2D eigenvalue weighted by Crippen LogP contribution is -2.12. The van der Waals surface area contributed by atoms with Gasteiger partial charge in [-0.05, 0) is 38.0 Å². The Bertz CT molecular complexity index is 619. The summed E-state index contributed by atoms with van der Waals surface area (Å²) in [6.07, 6.45) is 2.63. The number of nitrogens with zero attached hydrogens (tertiary/aromatic N) is 3. The molecule has 1 amide bonds. The molecule has 0 fully saturated rings. The first-order valence-electron chi connectivity index (χ1n) is 6.38. The molecule has 0 atom stereocenters. The Morgan fingerprint density at radius 1 is 1.40 bits per heavy atom. The van der Waals surface area contributed by atoms with E-state index >= 15 is 0 Å². The highest BCUT2D eigenvalue weighted by Crippen LogP contribution is 2.15. The summed E-state index contributed by atoms with van der Waals surface area (Å²) in [5, 5.41) is 7.55. The average Bonchev–Trinajstić information content (AvgIpc) is 2.64. The molecule has 0 aliphatic carbocycles. The van der Waals surface area contributed by atoms with Crippen molar-refractivity contribution in [2.45, 2.75) is 26.7 Å². The van der Waals surface area contributed by atoms with Crippen molar-refractivity contribution in [3.8, 4) is 0 Å². The maximum absolute atomic E-state index is 11.9. The van der Waals surface area contributed by atoms with Crippen molar-refractivity contribution in [2.75, 3.05) is 5.32 Å². The molecule has 0 radical (unpaired) electrons. The molecule has 0 aliphatic rings. The summed E-state index contributed by atoms with van der Waals surface area (Å²) in [5.41, 5.74) is 3.87. The first-order valence-corrected chi connectivity index (χ1v) is 6.75. The summed E-state index contributed by atoms with van der Waals surface area (Å²) in [7, 11) is 1.91. The fourth-order valence-electron chi connectivity index (χ4n) is 2.09. The van der Waals surface area contributed by atoms with Crippen molar-refractivity contribution in [1.82, 2.24) is 14.8 Å². The van der Waals surface area contributed by atoms with E-state index in [0.29, 0.717) is 23.7 Å². The Balaban J connectivity index is 1.94. The molecular weight excluding hydrogens is 276 g/mol. The first kappa shape index (κ1) is 14.5. The molecule has 106 valence electrons. The van der Waals surface area contributed by atoms with Crippen molar-refractivity contribution < 1.29 is 4.79 Å². The minimum Gasteiger partial charge on any atom is -0.325 e. The molecule has 5 nitrogen and oxygen atoms in total. The summed E-state index contributed by atoms with van der Waals surface area (Å²) >= 11 is 5.69. The standard InChI is InChI=1S/C14H17ClN4O/c1-9-12(10(2)19(3)18-9)5-7-14(20)17-11-4-6-13(15)16-8-11/h4,6,8H,5,7H2,1-3H3,(H,17,20). The Hall–Kier alpha value is -1.88. The number of carbonyl (C=O) groups is 1.